The van der Waals surface area contributed by atoms with Gasteiger partial charge in [-0.05, 0) is 18.9 Å². The first-order chi connectivity index (χ1) is 11.7. The monoisotopic (exact) mass is 373 g/mol. The molecule has 1 amide bonds. The van der Waals surface area contributed by atoms with Gasteiger partial charge < -0.3 is 10.4 Å². The zero-order chi connectivity index (χ0) is 19.0. The van der Waals surface area contributed by atoms with Crippen molar-refractivity contribution in [2.24, 2.45) is 0 Å². The lowest BCUT2D eigenvalue weighted by atomic mass is 10.1. The Morgan fingerprint density at radius 2 is 1.96 bits per heavy atom. The molecule has 0 fully saturated rings. The lowest BCUT2D eigenvalue weighted by Gasteiger charge is -2.14. The summed E-state index contributed by atoms with van der Waals surface area (Å²) in [6.07, 6.45) is 0.222. The number of nitrogens with zero attached hydrogens (tertiary/aromatic N) is 1. The molecule has 0 radical (unpaired) electrons. The van der Waals surface area contributed by atoms with Crippen molar-refractivity contribution in [3.63, 3.8) is 0 Å². The summed E-state index contributed by atoms with van der Waals surface area (Å²) >= 11 is 0. The van der Waals surface area contributed by atoms with Gasteiger partial charge in [-0.2, -0.15) is 4.72 Å². The number of carboxylic acid groups (broad SMARTS) is 1. The van der Waals surface area contributed by atoms with Gasteiger partial charge in [-0.3, -0.25) is 19.7 Å². The van der Waals surface area contributed by atoms with E-state index in [0.29, 0.717) is 13.0 Å². The van der Waals surface area contributed by atoms with E-state index in [-0.39, 0.29) is 12.8 Å². The van der Waals surface area contributed by atoms with Gasteiger partial charge in [0.05, 0.1) is 4.92 Å². The molecule has 0 heterocycles. The predicted octanol–water partition coefficient (Wildman–Crippen LogP) is 0.633. The first-order valence-electron chi connectivity index (χ1n) is 7.44. The minimum absolute atomic E-state index is 0.198. The molecule has 1 aromatic rings. The number of nitro groups is 1. The van der Waals surface area contributed by atoms with Crippen LogP contribution in [0, 0.1) is 10.1 Å². The van der Waals surface area contributed by atoms with Crippen LogP contribution in [0.15, 0.2) is 29.2 Å². The quantitative estimate of drug-likeness (QED) is 0.401. The maximum atomic E-state index is 12.3. The first kappa shape index (κ1) is 20.5. The second kappa shape index (κ2) is 9.08. The van der Waals surface area contributed by atoms with Gasteiger partial charge in [-0.15, -0.1) is 0 Å². The van der Waals surface area contributed by atoms with Crippen LogP contribution in [0.2, 0.25) is 0 Å². The fourth-order valence-electron chi connectivity index (χ4n) is 1.95. The molecule has 0 spiro atoms. The zero-order valence-electron chi connectivity index (χ0n) is 13.5. The number of carbonyl (C=O) groups is 2. The SMILES string of the molecule is CCCNC(=O)CC[C@H](NS(=O)(=O)c1ccccc1[N+](=O)[O-])C(=O)O. The van der Waals surface area contributed by atoms with Gasteiger partial charge in [0.1, 0.15) is 6.04 Å². The van der Waals surface area contributed by atoms with E-state index in [0.717, 1.165) is 12.1 Å². The van der Waals surface area contributed by atoms with E-state index in [4.69, 9.17) is 5.11 Å². The number of carboxylic acids is 1. The smallest absolute Gasteiger partial charge is 0.321 e. The molecule has 0 aliphatic rings. The van der Waals surface area contributed by atoms with Gasteiger partial charge in [0, 0.05) is 19.0 Å². The zero-order valence-corrected chi connectivity index (χ0v) is 14.3. The highest BCUT2D eigenvalue weighted by Gasteiger charge is 2.30. The molecular formula is C14H19N3O7S. The molecule has 1 atom stereocenters. The van der Waals surface area contributed by atoms with Crippen LogP contribution >= 0.6 is 0 Å². The van der Waals surface area contributed by atoms with Gasteiger partial charge in [-0.1, -0.05) is 19.1 Å². The molecule has 25 heavy (non-hydrogen) atoms. The summed E-state index contributed by atoms with van der Waals surface area (Å²) in [5, 5.41) is 22.7. The largest absolute Gasteiger partial charge is 0.480 e. The Kier molecular flexibility index (Phi) is 7.45. The van der Waals surface area contributed by atoms with Crippen molar-refractivity contribution in [1.82, 2.24) is 10.0 Å². The van der Waals surface area contributed by atoms with Crippen LogP contribution in [0.4, 0.5) is 5.69 Å². The van der Waals surface area contributed by atoms with Crippen LogP contribution in [-0.4, -0.2) is 42.9 Å². The lowest BCUT2D eigenvalue weighted by Crippen LogP contribution is -2.41. The molecule has 0 aliphatic heterocycles. The normalized spacial score (nSPS) is 12.4. The molecular weight excluding hydrogens is 354 g/mol. The number of aliphatic carboxylic acids is 1. The third-order valence-electron chi connectivity index (χ3n) is 3.18. The van der Waals surface area contributed by atoms with E-state index in [1.807, 2.05) is 11.6 Å². The van der Waals surface area contributed by atoms with Crippen molar-refractivity contribution in [3.8, 4) is 0 Å². The van der Waals surface area contributed by atoms with E-state index < -0.39 is 43.4 Å². The Labute approximate surface area is 144 Å². The van der Waals surface area contributed by atoms with E-state index in [2.05, 4.69) is 5.32 Å². The Bertz CT molecular complexity index is 749. The van der Waals surface area contributed by atoms with Crippen LogP contribution in [0.1, 0.15) is 26.2 Å². The average Bonchev–Trinajstić information content (AvgIpc) is 2.56. The summed E-state index contributed by atoms with van der Waals surface area (Å²) in [6, 6.07) is 3.01. The number of hydrogen-bond donors (Lipinski definition) is 3. The molecule has 0 saturated carbocycles. The fraction of sp³-hybridized carbons (Fsp3) is 0.429. The molecule has 10 nitrogen and oxygen atoms in total. The molecule has 0 unspecified atom stereocenters. The number of sulfonamides is 1. The summed E-state index contributed by atoms with van der Waals surface area (Å²) < 4.78 is 26.5. The van der Waals surface area contributed by atoms with Crippen molar-refractivity contribution < 1.29 is 28.0 Å². The molecule has 0 aliphatic carbocycles. The van der Waals surface area contributed by atoms with Crippen LogP contribution in [0.25, 0.3) is 0 Å². The maximum Gasteiger partial charge on any atom is 0.321 e. The van der Waals surface area contributed by atoms with Crippen molar-refractivity contribution in [1.29, 1.82) is 0 Å². The third kappa shape index (κ3) is 6.12. The van der Waals surface area contributed by atoms with E-state index in [1.54, 1.807) is 0 Å². The number of para-hydroxylation sites is 1. The lowest BCUT2D eigenvalue weighted by molar-refractivity contribution is -0.387. The number of hydrogen-bond acceptors (Lipinski definition) is 6. The van der Waals surface area contributed by atoms with Gasteiger partial charge in [0.25, 0.3) is 5.69 Å². The Morgan fingerprint density at radius 1 is 1.32 bits per heavy atom. The van der Waals surface area contributed by atoms with E-state index in [9.17, 15) is 28.1 Å². The number of benzene rings is 1. The third-order valence-corrected chi connectivity index (χ3v) is 4.70. The summed E-state index contributed by atoms with van der Waals surface area (Å²) in [5.41, 5.74) is -0.667. The first-order valence-corrected chi connectivity index (χ1v) is 8.92. The fourth-order valence-corrected chi connectivity index (χ4v) is 3.34. The van der Waals surface area contributed by atoms with Crippen molar-refractivity contribution in [2.75, 3.05) is 6.54 Å². The highest BCUT2D eigenvalue weighted by Crippen LogP contribution is 2.23. The molecule has 3 N–H and O–H groups in total. The minimum atomic E-state index is -4.45. The molecule has 0 saturated heterocycles. The van der Waals surface area contributed by atoms with Crippen LogP contribution in [0.3, 0.4) is 0 Å². The van der Waals surface area contributed by atoms with Crippen molar-refractivity contribution in [2.45, 2.75) is 37.1 Å². The number of nitro benzene ring substituents is 1. The van der Waals surface area contributed by atoms with Crippen molar-refractivity contribution >= 4 is 27.6 Å². The van der Waals surface area contributed by atoms with Crippen LogP contribution in [-0.2, 0) is 19.6 Å². The predicted molar refractivity (Wildman–Crippen MR) is 87.4 cm³/mol. The number of rotatable bonds is 10. The van der Waals surface area contributed by atoms with Gasteiger partial charge in [-0.25, -0.2) is 8.42 Å². The minimum Gasteiger partial charge on any atom is -0.480 e. The van der Waals surface area contributed by atoms with Gasteiger partial charge >= 0.3 is 5.97 Å². The Balaban J connectivity index is 2.92. The summed E-state index contributed by atoms with van der Waals surface area (Å²) in [7, 11) is -4.45. The van der Waals surface area contributed by atoms with E-state index in [1.165, 1.54) is 12.1 Å². The van der Waals surface area contributed by atoms with Crippen molar-refractivity contribution in [3.05, 3.63) is 34.4 Å². The Morgan fingerprint density at radius 3 is 2.52 bits per heavy atom. The maximum absolute atomic E-state index is 12.3. The molecule has 0 aromatic heterocycles. The number of carbonyl (C=O) groups excluding carboxylic acids is 1. The summed E-state index contributed by atoms with van der Waals surface area (Å²) in [4.78, 5) is 32.2. The average molecular weight is 373 g/mol. The van der Waals surface area contributed by atoms with Crippen LogP contribution < -0.4 is 10.0 Å². The summed E-state index contributed by atoms with van der Waals surface area (Å²) in [5.74, 6) is -1.89. The van der Waals surface area contributed by atoms with Gasteiger partial charge in [0.2, 0.25) is 15.9 Å². The molecule has 11 heteroatoms. The number of amides is 1. The number of nitrogens with one attached hydrogen (secondary N) is 2. The standard InChI is InChI=1S/C14H19N3O7S/c1-2-9-15-13(18)8-7-10(14(19)20)16-25(23,24)12-6-4-3-5-11(12)17(21)22/h3-6,10,16H,2,7-9H2,1H3,(H,15,18)(H,19,20)/t10-/m0/s1. The molecule has 0 bridgehead atoms. The molecule has 138 valence electrons. The summed E-state index contributed by atoms with van der Waals surface area (Å²) in [6.45, 7) is 2.28. The molecule has 1 aromatic carbocycles. The topological polar surface area (TPSA) is 156 Å². The van der Waals surface area contributed by atoms with Gasteiger partial charge in [0.15, 0.2) is 4.90 Å². The highest BCUT2D eigenvalue weighted by atomic mass is 32.2. The van der Waals surface area contributed by atoms with E-state index >= 15 is 0 Å². The molecule has 1 rings (SSSR count). The second-order valence-electron chi connectivity index (χ2n) is 5.13. The Hall–Kier alpha value is -2.53. The highest BCUT2D eigenvalue weighted by molar-refractivity contribution is 7.89. The van der Waals surface area contributed by atoms with Crippen LogP contribution in [0.5, 0.6) is 0 Å². The second-order valence-corrected chi connectivity index (χ2v) is 6.81.